The number of hydrogen-bond acceptors (Lipinski definition) is 4. The fourth-order valence-corrected chi connectivity index (χ4v) is 1.37. The average molecular weight is 238 g/mol. The molecule has 1 rings (SSSR count). The van der Waals surface area contributed by atoms with Crippen molar-refractivity contribution < 1.29 is 19.3 Å². The Morgan fingerprint density at radius 3 is 2.35 bits per heavy atom. The molecule has 0 aliphatic heterocycles. The number of rotatable bonds is 6. The minimum Gasteiger partial charge on any atom is -0.362 e. The zero-order valence-electron chi connectivity index (χ0n) is 10.4. The van der Waals surface area contributed by atoms with E-state index in [2.05, 4.69) is 9.78 Å². The summed E-state index contributed by atoms with van der Waals surface area (Å²) in [5.74, 6) is -0.530. The molecule has 94 valence electrons. The van der Waals surface area contributed by atoms with Crippen molar-refractivity contribution in [2.45, 2.75) is 26.9 Å². The molecule has 1 aromatic carbocycles. The predicted molar refractivity (Wildman–Crippen MR) is 63.3 cm³/mol. The summed E-state index contributed by atoms with van der Waals surface area (Å²) in [4.78, 5) is 21.0. The van der Waals surface area contributed by atoms with Gasteiger partial charge in [0.05, 0.1) is 6.61 Å². The average Bonchev–Trinajstić information content (AvgIpc) is 2.34. The SMILES string of the molecule is CCOOC(=O)C(OCC)c1ccc(C)cc1. The Labute approximate surface area is 101 Å². The Morgan fingerprint density at radius 2 is 1.82 bits per heavy atom. The highest BCUT2D eigenvalue weighted by Crippen LogP contribution is 2.19. The summed E-state index contributed by atoms with van der Waals surface area (Å²) >= 11 is 0. The van der Waals surface area contributed by atoms with Gasteiger partial charge in [-0.05, 0) is 26.3 Å². The molecule has 0 N–H and O–H groups in total. The van der Waals surface area contributed by atoms with Crippen LogP contribution in [0.1, 0.15) is 31.1 Å². The van der Waals surface area contributed by atoms with Crippen molar-refractivity contribution in [3.05, 3.63) is 35.4 Å². The highest BCUT2D eigenvalue weighted by molar-refractivity contribution is 5.76. The van der Waals surface area contributed by atoms with Crippen molar-refractivity contribution in [2.75, 3.05) is 13.2 Å². The van der Waals surface area contributed by atoms with Crippen LogP contribution in [0.3, 0.4) is 0 Å². The molecule has 0 aliphatic rings. The Morgan fingerprint density at radius 1 is 1.18 bits per heavy atom. The number of carbonyl (C=O) groups is 1. The first kappa shape index (κ1) is 13.7. The molecule has 0 fully saturated rings. The lowest BCUT2D eigenvalue weighted by Gasteiger charge is -2.15. The summed E-state index contributed by atoms with van der Waals surface area (Å²) in [6.45, 7) is 6.31. The maximum atomic E-state index is 11.7. The maximum absolute atomic E-state index is 11.7. The van der Waals surface area contributed by atoms with Crippen LogP contribution in [-0.4, -0.2) is 19.2 Å². The highest BCUT2D eigenvalue weighted by atomic mass is 17.2. The van der Waals surface area contributed by atoms with Crippen LogP contribution in [0.4, 0.5) is 0 Å². The molecule has 0 heterocycles. The van der Waals surface area contributed by atoms with E-state index < -0.39 is 12.1 Å². The standard InChI is InChI=1S/C13H18O4/c1-4-15-12(13(14)17-16-5-2)11-8-6-10(3)7-9-11/h6-9,12H,4-5H2,1-3H3. The van der Waals surface area contributed by atoms with Crippen LogP contribution < -0.4 is 0 Å². The highest BCUT2D eigenvalue weighted by Gasteiger charge is 2.23. The van der Waals surface area contributed by atoms with Gasteiger partial charge in [0.1, 0.15) is 0 Å². The van der Waals surface area contributed by atoms with Crippen LogP contribution in [0, 0.1) is 6.92 Å². The molecule has 0 spiro atoms. The van der Waals surface area contributed by atoms with E-state index >= 15 is 0 Å². The summed E-state index contributed by atoms with van der Waals surface area (Å²) in [6.07, 6.45) is -0.729. The molecule has 1 unspecified atom stereocenters. The van der Waals surface area contributed by atoms with E-state index in [9.17, 15) is 4.79 Å². The molecule has 17 heavy (non-hydrogen) atoms. The van der Waals surface area contributed by atoms with Gasteiger partial charge in [0.25, 0.3) is 0 Å². The van der Waals surface area contributed by atoms with Gasteiger partial charge in [-0.3, -0.25) is 4.89 Å². The lowest BCUT2D eigenvalue weighted by atomic mass is 10.1. The van der Waals surface area contributed by atoms with Gasteiger partial charge in [0.15, 0.2) is 6.10 Å². The van der Waals surface area contributed by atoms with Gasteiger partial charge in [-0.1, -0.05) is 29.8 Å². The van der Waals surface area contributed by atoms with E-state index in [1.165, 1.54) is 0 Å². The summed E-state index contributed by atoms with van der Waals surface area (Å²) < 4.78 is 5.37. The Balaban J connectivity index is 2.77. The molecule has 0 saturated carbocycles. The molecule has 1 aromatic rings. The van der Waals surface area contributed by atoms with E-state index in [-0.39, 0.29) is 0 Å². The number of hydrogen-bond donors (Lipinski definition) is 0. The monoisotopic (exact) mass is 238 g/mol. The van der Waals surface area contributed by atoms with E-state index in [0.29, 0.717) is 13.2 Å². The second kappa shape index (κ2) is 7.04. The zero-order valence-corrected chi connectivity index (χ0v) is 10.4. The first-order valence-electron chi connectivity index (χ1n) is 5.70. The summed E-state index contributed by atoms with van der Waals surface area (Å²) in [5, 5.41) is 0. The lowest BCUT2D eigenvalue weighted by Crippen LogP contribution is -2.19. The van der Waals surface area contributed by atoms with Crippen molar-refractivity contribution >= 4 is 5.97 Å². The van der Waals surface area contributed by atoms with E-state index in [4.69, 9.17) is 4.74 Å². The van der Waals surface area contributed by atoms with Crippen molar-refractivity contribution in [3.8, 4) is 0 Å². The molecule has 0 aromatic heterocycles. The van der Waals surface area contributed by atoms with E-state index in [1.807, 2.05) is 38.1 Å². The van der Waals surface area contributed by atoms with Crippen LogP contribution in [0.15, 0.2) is 24.3 Å². The van der Waals surface area contributed by atoms with Gasteiger partial charge in [0, 0.05) is 6.61 Å². The number of ether oxygens (including phenoxy) is 1. The molecular weight excluding hydrogens is 220 g/mol. The maximum Gasteiger partial charge on any atom is 0.375 e. The molecule has 1 atom stereocenters. The third-order valence-electron chi connectivity index (χ3n) is 2.19. The summed E-state index contributed by atoms with van der Waals surface area (Å²) in [6, 6.07) is 7.55. The number of benzene rings is 1. The van der Waals surface area contributed by atoms with E-state index in [0.717, 1.165) is 11.1 Å². The van der Waals surface area contributed by atoms with Gasteiger partial charge in [-0.25, -0.2) is 4.79 Å². The summed E-state index contributed by atoms with van der Waals surface area (Å²) in [7, 11) is 0. The smallest absolute Gasteiger partial charge is 0.362 e. The molecular formula is C13H18O4. The topological polar surface area (TPSA) is 44.8 Å². The van der Waals surface area contributed by atoms with Crippen LogP contribution >= 0.6 is 0 Å². The van der Waals surface area contributed by atoms with Crippen molar-refractivity contribution in [3.63, 3.8) is 0 Å². The van der Waals surface area contributed by atoms with Gasteiger partial charge in [0.2, 0.25) is 0 Å². The molecule has 0 saturated heterocycles. The van der Waals surface area contributed by atoms with Crippen LogP contribution in [0.5, 0.6) is 0 Å². The number of aryl methyl sites for hydroxylation is 1. The fourth-order valence-electron chi connectivity index (χ4n) is 1.37. The second-order valence-corrected chi connectivity index (χ2v) is 3.55. The Hall–Kier alpha value is -1.39. The van der Waals surface area contributed by atoms with Crippen LogP contribution in [0.2, 0.25) is 0 Å². The predicted octanol–water partition coefficient (Wildman–Crippen LogP) is 2.57. The third kappa shape index (κ3) is 4.17. The normalized spacial score (nSPS) is 12.2. The quantitative estimate of drug-likeness (QED) is 0.564. The molecule has 4 nitrogen and oxygen atoms in total. The van der Waals surface area contributed by atoms with Gasteiger partial charge in [-0.2, -0.15) is 4.89 Å². The van der Waals surface area contributed by atoms with Crippen molar-refractivity contribution in [1.29, 1.82) is 0 Å². The first-order chi connectivity index (χ1) is 8.19. The molecule has 0 amide bonds. The Bertz CT molecular complexity index is 345. The molecule has 0 aliphatic carbocycles. The van der Waals surface area contributed by atoms with Gasteiger partial charge in [-0.15, -0.1) is 0 Å². The van der Waals surface area contributed by atoms with Crippen LogP contribution in [-0.2, 0) is 19.3 Å². The Kier molecular flexibility index (Phi) is 5.66. The van der Waals surface area contributed by atoms with Crippen molar-refractivity contribution in [2.24, 2.45) is 0 Å². The molecule has 4 heteroatoms. The van der Waals surface area contributed by atoms with Gasteiger partial charge < -0.3 is 4.74 Å². The van der Waals surface area contributed by atoms with E-state index in [1.54, 1.807) is 6.92 Å². The van der Waals surface area contributed by atoms with Crippen LogP contribution in [0.25, 0.3) is 0 Å². The molecule has 0 radical (unpaired) electrons. The third-order valence-corrected chi connectivity index (χ3v) is 2.19. The summed E-state index contributed by atoms with van der Waals surface area (Å²) in [5.41, 5.74) is 1.89. The van der Waals surface area contributed by atoms with Gasteiger partial charge >= 0.3 is 5.97 Å². The van der Waals surface area contributed by atoms with Crippen molar-refractivity contribution in [1.82, 2.24) is 0 Å². The number of carbonyl (C=O) groups excluding carboxylic acids is 1. The minimum atomic E-state index is -0.729. The lowest BCUT2D eigenvalue weighted by molar-refractivity contribution is -0.277. The minimum absolute atomic E-state index is 0.318. The first-order valence-corrected chi connectivity index (χ1v) is 5.70. The fraction of sp³-hybridized carbons (Fsp3) is 0.462. The second-order valence-electron chi connectivity index (χ2n) is 3.55. The zero-order chi connectivity index (χ0) is 12.7. The largest absolute Gasteiger partial charge is 0.375 e. The molecule has 0 bridgehead atoms.